The average Bonchev–Trinajstić information content (AvgIpc) is 2.39. The molecule has 0 spiro atoms. The molecular formula is C13H15N5O2. The maximum atomic E-state index is 11.6. The van der Waals surface area contributed by atoms with Gasteiger partial charge in [0.25, 0.3) is 0 Å². The van der Waals surface area contributed by atoms with Crippen LogP contribution >= 0.6 is 0 Å². The number of amidine groups is 1. The number of nitrogens with two attached hydrogens (primary N) is 1. The van der Waals surface area contributed by atoms with Gasteiger partial charge in [0.1, 0.15) is 6.07 Å². The van der Waals surface area contributed by atoms with Crippen molar-refractivity contribution in [2.24, 2.45) is 10.8 Å². The third kappa shape index (κ3) is 3.81. The number of aryl methyl sites for hydroxylation is 1. The van der Waals surface area contributed by atoms with E-state index < -0.39 is 5.84 Å². The van der Waals surface area contributed by atoms with Crippen LogP contribution in [0.25, 0.3) is 0 Å². The van der Waals surface area contributed by atoms with Crippen molar-refractivity contribution in [1.82, 2.24) is 0 Å². The number of esters is 1. The molecule has 0 saturated carbocycles. The van der Waals surface area contributed by atoms with Crippen LogP contribution in [0.3, 0.4) is 0 Å². The summed E-state index contributed by atoms with van der Waals surface area (Å²) in [5, 5.41) is 19.5. The van der Waals surface area contributed by atoms with Crippen molar-refractivity contribution in [2.45, 2.75) is 13.8 Å². The van der Waals surface area contributed by atoms with E-state index in [2.05, 4.69) is 10.5 Å². The molecule has 104 valence electrons. The fourth-order valence-corrected chi connectivity index (χ4v) is 1.44. The molecule has 20 heavy (non-hydrogen) atoms. The van der Waals surface area contributed by atoms with E-state index in [0.717, 1.165) is 0 Å². The van der Waals surface area contributed by atoms with Crippen LogP contribution in [0.15, 0.2) is 23.3 Å². The molecule has 0 fully saturated rings. The molecule has 0 aliphatic carbocycles. The Balaban J connectivity index is 2.91. The summed E-state index contributed by atoms with van der Waals surface area (Å²) in [5.41, 5.74) is 9.32. The lowest BCUT2D eigenvalue weighted by Gasteiger charge is -2.07. The molecule has 7 nitrogen and oxygen atoms in total. The van der Waals surface area contributed by atoms with Crippen molar-refractivity contribution in [3.8, 4) is 6.07 Å². The van der Waals surface area contributed by atoms with E-state index in [-0.39, 0.29) is 11.7 Å². The van der Waals surface area contributed by atoms with E-state index in [4.69, 9.17) is 21.1 Å². The van der Waals surface area contributed by atoms with Crippen molar-refractivity contribution in [1.29, 1.82) is 10.7 Å². The highest BCUT2D eigenvalue weighted by Crippen LogP contribution is 2.16. The van der Waals surface area contributed by atoms with Gasteiger partial charge in [0.15, 0.2) is 5.84 Å². The molecule has 0 bridgehead atoms. The fraction of sp³-hybridized carbons (Fsp3) is 0.231. The summed E-state index contributed by atoms with van der Waals surface area (Å²) < 4.78 is 4.92. The second-order valence-electron chi connectivity index (χ2n) is 3.85. The van der Waals surface area contributed by atoms with Crippen LogP contribution in [0.4, 0.5) is 5.69 Å². The van der Waals surface area contributed by atoms with Crippen LogP contribution < -0.4 is 11.2 Å². The molecule has 0 aromatic heterocycles. The number of nitrogens with one attached hydrogen (secondary N) is 2. The van der Waals surface area contributed by atoms with Gasteiger partial charge in [-0.2, -0.15) is 10.4 Å². The van der Waals surface area contributed by atoms with Crippen molar-refractivity contribution in [2.75, 3.05) is 12.0 Å². The number of hydrazone groups is 1. The number of carbonyl (C=O) groups is 1. The number of ether oxygens (including phenoxy) is 1. The monoisotopic (exact) mass is 273 g/mol. The predicted octanol–water partition coefficient (Wildman–Crippen LogP) is 1.40. The van der Waals surface area contributed by atoms with Gasteiger partial charge in [0.05, 0.1) is 17.9 Å². The van der Waals surface area contributed by atoms with E-state index in [1.54, 1.807) is 38.1 Å². The summed E-state index contributed by atoms with van der Waals surface area (Å²) in [7, 11) is 0. The van der Waals surface area contributed by atoms with Crippen molar-refractivity contribution in [3.63, 3.8) is 0 Å². The van der Waals surface area contributed by atoms with Crippen molar-refractivity contribution < 1.29 is 9.53 Å². The topological polar surface area (TPSA) is 124 Å². The van der Waals surface area contributed by atoms with Crippen LogP contribution in [-0.4, -0.2) is 24.1 Å². The first-order valence-electron chi connectivity index (χ1n) is 5.85. The molecule has 4 N–H and O–H groups in total. The summed E-state index contributed by atoms with van der Waals surface area (Å²) in [4.78, 5) is 11.6. The third-order valence-corrected chi connectivity index (χ3v) is 2.38. The SMILES string of the molecule is CCOC(=O)c1ccc(N/N=C(\C#N)C(=N)N)cc1C. The van der Waals surface area contributed by atoms with Gasteiger partial charge in [0.2, 0.25) is 5.71 Å². The molecule has 0 saturated heterocycles. The molecule has 0 aliphatic rings. The zero-order valence-electron chi connectivity index (χ0n) is 11.2. The molecule has 0 aliphatic heterocycles. The van der Waals surface area contributed by atoms with E-state index in [1.807, 2.05) is 0 Å². The van der Waals surface area contributed by atoms with Gasteiger partial charge < -0.3 is 10.5 Å². The first-order chi connectivity index (χ1) is 9.49. The number of hydrogen-bond donors (Lipinski definition) is 3. The second-order valence-corrected chi connectivity index (χ2v) is 3.85. The molecule has 7 heteroatoms. The van der Waals surface area contributed by atoms with Crippen LogP contribution in [0.1, 0.15) is 22.8 Å². The zero-order chi connectivity index (χ0) is 15.1. The minimum absolute atomic E-state index is 0.211. The van der Waals surface area contributed by atoms with Crippen molar-refractivity contribution >= 4 is 23.2 Å². The van der Waals surface area contributed by atoms with Crippen molar-refractivity contribution in [3.05, 3.63) is 29.3 Å². The first kappa shape index (κ1) is 15.2. The normalized spacial score (nSPS) is 10.6. The average molecular weight is 273 g/mol. The minimum Gasteiger partial charge on any atom is -0.462 e. The van der Waals surface area contributed by atoms with E-state index >= 15 is 0 Å². The Kier molecular flexibility index (Phi) is 5.23. The molecule has 1 aromatic carbocycles. The Hall–Kier alpha value is -2.88. The van der Waals surface area contributed by atoms with E-state index in [0.29, 0.717) is 23.4 Å². The Labute approximate surface area is 116 Å². The quantitative estimate of drug-likeness (QED) is 0.323. The Morgan fingerprint density at radius 3 is 2.80 bits per heavy atom. The van der Waals surface area contributed by atoms with Crippen LogP contribution in [-0.2, 0) is 4.74 Å². The number of benzene rings is 1. The number of hydrogen-bond acceptors (Lipinski definition) is 6. The van der Waals surface area contributed by atoms with Gasteiger partial charge in [-0.1, -0.05) is 0 Å². The summed E-state index contributed by atoms with van der Waals surface area (Å²) in [6.07, 6.45) is 0. The minimum atomic E-state index is -0.417. The second kappa shape index (κ2) is 6.89. The number of carbonyl (C=O) groups excluding carboxylic acids is 1. The lowest BCUT2D eigenvalue weighted by Crippen LogP contribution is -2.21. The molecule has 0 heterocycles. The van der Waals surface area contributed by atoms with Gasteiger partial charge in [-0.05, 0) is 37.6 Å². The highest BCUT2D eigenvalue weighted by atomic mass is 16.5. The third-order valence-electron chi connectivity index (χ3n) is 2.38. The number of nitriles is 1. The Morgan fingerprint density at radius 2 is 2.30 bits per heavy atom. The lowest BCUT2D eigenvalue weighted by molar-refractivity contribution is 0.0525. The summed E-state index contributed by atoms with van der Waals surface area (Å²) in [6.45, 7) is 3.81. The molecule has 0 atom stereocenters. The number of rotatable bonds is 5. The molecule has 1 rings (SSSR count). The standard InChI is InChI=1S/C13H15N5O2/c1-3-20-13(19)10-5-4-9(6-8(10)2)17-18-11(7-14)12(15)16/h4-6,17H,3H2,1-2H3,(H3,15,16)/b18-11+. The number of nitrogens with zero attached hydrogens (tertiary/aromatic N) is 2. The molecule has 0 amide bonds. The Bertz CT molecular complexity index is 601. The lowest BCUT2D eigenvalue weighted by atomic mass is 10.1. The highest BCUT2D eigenvalue weighted by Gasteiger charge is 2.10. The van der Waals surface area contributed by atoms with E-state index in [9.17, 15) is 4.79 Å². The molecule has 0 radical (unpaired) electrons. The first-order valence-corrected chi connectivity index (χ1v) is 5.85. The summed E-state index contributed by atoms with van der Waals surface area (Å²) in [6, 6.07) is 6.61. The zero-order valence-corrected chi connectivity index (χ0v) is 11.2. The van der Waals surface area contributed by atoms with Crippen LogP contribution in [0.5, 0.6) is 0 Å². The number of anilines is 1. The Morgan fingerprint density at radius 1 is 1.60 bits per heavy atom. The largest absolute Gasteiger partial charge is 0.462 e. The predicted molar refractivity (Wildman–Crippen MR) is 75.7 cm³/mol. The van der Waals surface area contributed by atoms with Gasteiger partial charge in [0, 0.05) is 0 Å². The van der Waals surface area contributed by atoms with Gasteiger partial charge in [-0.15, -0.1) is 0 Å². The summed E-state index contributed by atoms with van der Waals surface area (Å²) >= 11 is 0. The van der Waals surface area contributed by atoms with Gasteiger partial charge in [-0.25, -0.2) is 4.79 Å². The maximum Gasteiger partial charge on any atom is 0.338 e. The highest BCUT2D eigenvalue weighted by molar-refractivity contribution is 6.45. The van der Waals surface area contributed by atoms with Gasteiger partial charge >= 0.3 is 5.97 Å². The maximum absolute atomic E-state index is 11.6. The molecule has 0 unspecified atom stereocenters. The molecular weight excluding hydrogens is 258 g/mol. The summed E-state index contributed by atoms with van der Waals surface area (Å²) in [5.74, 6) is -0.804. The smallest absolute Gasteiger partial charge is 0.338 e. The van der Waals surface area contributed by atoms with Gasteiger partial charge in [-0.3, -0.25) is 10.8 Å². The van der Waals surface area contributed by atoms with E-state index in [1.165, 1.54) is 0 Å². The van der Waals surface area contributed by atoms with Crippen LogP contribution in [0.2, 0.25) is 0 Å². The molecule has 1 aromatic rings. The van der Waals surface area contributed by atoms with Crippen LogP contribution in [0, 0.1) is 23.7 Å². The fourth-order valence-electron chi connectivity index (χ4n) is 1.44.